The minimum Gasteiger partial charge on any atom is -0.387 e. The molecule has 0 bridgehead atoms. The maximum atomic E-state index is 5.89. The molecule has 1 rings (SSSR count). The number of nitrogens with two attached hydrogens (primary N) is 1. The summed E-state index contributed by atoms with van der Waals surface area (Å²) in [6.07, 6.45) is 0.957. The van der Waals surface area contributed by atoms with Crippen molar-refractivity contribution in [3.05, 3.63) is 35.4 Å². The Bertz CT molecular complexity index is 373. The van der Waals surface area contributed by atoms with Crippen molar-refractivity contribution >= 4 is 5.84 Å². The third-order valence-electron chi connectivity index (χ3n) is 2.53. The molecule has 1 aromatic rings. The van der Waals surface area contributed by atoms with Gasteiger partial charge in [-0.2, -0.15) is 0 Å². The lowest BCUT2D eigenvalue weighted by molar-refractivity contribution is 0.581. The lowest BCUT2D eigenvalue weighted by Crippen LogP contribution is -2.29. The van der Waals surface area contributed by atoms with Crippen molar-refractivity contribution in [2.24, 2.45) is 16.1 Å². The Morgan fingerprint density at radius 2 is 2.00 bits per heavy atom. The molecule has 0 aliphatic rings. The van der Waals surface area contributed by atoms with Crippen LogP contribution in [0.1, 0.15) is 31.9 Å². The first-order chi connectivity index (χ1) is 7.39. The SMILES string of the molecule is Cc1cccc(CCN=C(N)C(C)(C)C)c1. The Balaban J connectivity index is 2.53. The standard InChI is InChI=1S/C14H22N2/c1-11-6-5-7-12(10-11)8-9-16-13(15)14(2,3)4/h5-7,10H,8-9H2,1-4H3,(H2,15,16). The van der Waals surface area contributed by atoms with Crippen molar-refractivity contribution in [3.63, 3.8) is 0 Å². The Morgan fingerprint density at radius 3 is 2.56 bits per heavy atom. The molecule has 1 aromatic carbocycles. The molecular formula is C14H22N2. The van der Waals surface area contributed by atoms with Gasteiger partial charge in [0, 0.05) is 12.0 Å². The molecule has 0 aromatic heterocycles. The van der Waals surface area contributed by atoms with Crippen LogP contribution in [0.25, 0.3) is 0 Å². The number of aliphatic imine (C=N–C) groups is 1. The number of amidine groups is 1. The average molecular weight is 218 g/mol. The summed E-state index contributed by atoms with van der Waals surface area (Å²) in [4.78, 5) is 4.41. The van der Waals surface area contributed by atoms with E-state index in [-0.39, 0.29) is 5.41 Å². The summed E-state index contributed by atoms with van der Waals surface area (Å²) < 4.78 is 0. The Labute approximate surface area is 98.6 Å². The van der Waals surface area contributed by atoms with Crippen molar-refractivity contribution in [3.8, 4) is 0 Å². The predicted octanol–water partition coefficient (Wildman–Crippen LogP) is 2.94. The fourth-order valence-corrected chi connectivity index (χ4v) is 1.41. The predicted molar refractivity (Wildman–Crippen MR) is 70.8 cm³/mol. The van der Waals surface area contributed by atoms with Crippen LogP contribution in [0.15, 0.2) is 29.3 Å². The van der Waals surface area contributed by atoms with E-state index in [4.69, 9.17) is 5.73 Å². The molecule has 2 heteroatoms. The summed E-state index contributed by atoms with van der Waals surface area (Å²) in [5, 5.41) is 0. The fraction of sp³-hybridized carbons (Fsp3) is 0.500. The number of benzene rings is 1. The van der Waals surface area contributed by atoms with Gasteiger partial charge in [0.25, 0.3) is 0 Å². The zero-order chi connectivity index (χ0) is 12.2. The molecule has 0 atom stereocenters. The number of hydrogen-bond acceptors (Lipinski definition) is 1. The van der Waals surface area contributed by atoms with E-state index in [1.54, 1.807) is 0 Å². The van der Waals surface area contributed by atoms with Crippen LogP contribution in [0, 0.1) is 12.3 Å². The van der Waals surface area contributed by atoms with Crippen LogP contribution in [0.4, 0.5) is 0 Å². The highest BCUT2D eigenvalue weighted by atomic mass is 14.9. The molecule has 88 valence electrons. The van der Waals surface area contributed by atoms with Gasteiger partial charge in [0.2, 0.25) is 0 Å². The Morgan fingerprint density at radius 1 is 1.31 bits per heavy atom. The summed E-state index contributed by atoms with van der Waals surface area (Å²) in [5.74, 6) is 0.736. The van der Waals surface area contributed by atoms with E-state index >= 15 is 0 Å². The highest BCUT2D eigenvalue weighted by molar-refractivity contribution is 5.85. The second-order valence-corrected chi connectivity index (χ2v) is 5.26. The monoisotopic (exact) mass is 218 g/mol. The molecule has 0 aliphatic heterocycles. The molecule has 2 N–H and O–H groups in total. The normalized spacial score (nSPS) is 12.9. The lowest BCUT2D eigenvalue weighted by Gasteiger charge is -2.17. The molecule has 0 spiro atoms. The van der Waals surface area contributed by atoms with Crippen LogP contribution in [0.3, 0.4) is 0 Å². The van der Waals surface area contributed by atoms with Crippen molar-refractivity contribution in [2.45, 2.75) is 34.1 Å². The number of aryl methyl sites for hydroxylation is 1. The van der Waals surface area contributed by atoms with Crippen molar-refractivity contribution < 1.29 is 0 Å². The summed E-state index contributed by atoms with van der Waals surface area (Å²) in [7, 11) is 0. The summed E-state index contributed by atoms with van der Waals surface area (Å²) in [6, 6.07) is 8.52. The lowest BCUT2D eigenvalue weighted by atomic mass is 9.95. The van der Waals surface area contributed by atoms with E-state index in [2.05, 4.69) is 57.0 Å². The Hall–Kier alpha value is -1.31. The van der Waals surface area contributed by atoms with Crippen molar-refractivity contribution in [1.82, 2.24) is 0 Å². The third kappa shape index (κ3) is 4.05. The molecule has 0 saturated carbocycles. The van der Waals surface area contributed by atoms with E-state index in [0.717, 1.165) is 18.8 Å². The first-order valence-corrected chi connectivity index (χ1v) is 5.75. The molecule has 0 fully saturated rings. The smallest absolute Gasteiger partial charge is 0.0991 e. The van der Waals surface area contributed by atoms with Crippen LogP contribution in [0.5, 0.6) is 0 Å². The summed E-state index contributed by atoms with van der Waals surface area (Å²) in [5.41, 5.74) is 8.49. The van der Waals surface area contributed by atoms with E-state index < -0.39 is 0 Å². The highest BCUT2D eigenvalue weighted by Crippen LogP contribution is 2.13. The summed E-state index contributed by atoms with van der Waals surface area (Å²) >= 11 is 0. The molecule has 16 heavy (non-hydrogen) atoms. The van der Waals surface area contributed by atoms with Gasteiger partial charge in [-0.1, -0.05) is 50.6 Å². The maximum Gasteiger partial charge on any atom is 0.0991 e. The molecule has 0 aliphatic carbocycles. The molecule has 0 amide bonds. The van der Waals surface area contributed by atoms with Crippen LogP contribution in [-0.2, 0) is 6.42 Å². The van der Waals surface area contributed by atoms with Gasteiger partial charge in [0.15, 0.2) is 0 Å². The van der Waals surface area contributed by atoms with Gasteiger partial charge >= 0.3 is 0 Å². The molecule has 2 nitrogen and oxygen atoms in total. The van der Waals surface area contributed by atoms with Crippen LogP contribution in [0.2, 0.25) is 0 Å². The van der Waals surface area contributed by atoms with E-state index in [0.29, 0.717) is 0 Å². The largest absolute Gasteiger partial charge is 0.387 e. The van der Waals surface area contributed by atoms with Gasteiger partial charge < -0.3 is 5.73 Å². The van der Waals surface area contributed by atoms with E-state index in [1.807, 2.05) is 0 Å². The van der Waals surface area contributed by atoms with Gasteiger partial charge in [-0.05, 0) is 18.9 Å². The van der Waals surface area contributed by atoms with Crippen LogP contribution >= 0.6 is 0 Å². The fourth-order valence-electron chi connectivity index (χ4n) is 1.41. The molecule has 0 heterocycles. The second kappa shape index (κ2) is 5.15. The van der Waals surface area contributed by atoms with Gasteiger partial charge in [0.05, 0.1) is 5.84 Å². The number of hydrogen-bond donors (Lipinski definition) is 1. The van der Waals surface area contributed by atoms with Gasteiger partial charge in [-0.25, -0.2) is 0 Å². The van der Waals surface area contributed by atoms with Gasteiger partial charge in [0.1, 0.15) is 0 Å². The molecule has 0 radical (unpaired) electrons. The summed E-state index contributed by atoms with van der Waals surface area (Å²) in [6.45, 7) is 9.12. The minimum atomic E-state index is -0.0212. The topological polar surface area (TPSA) is 38.4 Å². The van der Waals surface area contributed by atoms with Crippen molar-refractivity contribution in [2.75, 3.05) is 6.54 Å². The first kappa shape index (κ1) is 12.8. The molecule has 0 unspecified atom stereocenters. The highest BCUT2D eigenvalue weighted by Gasteiger charge is 2.14. The van der Waals surface area contributed by atoms with Crippen LogP contribution in [-0.4, -0.2) is 12.4 Å². The number of nitrogens with zero attached hydrogens (tertiary/aromatic N) is 1. The minimum absolute atomic E-state index is 0.0212. The average Bonchev–Trinajstić information content (AvgIpc) is 2.16. The van der Waals surface area contributed by atoms with Gasteiger partial charge in [-0.15, -0.1) is 0 Å². The van der Waals surface area contributed by atoms with Crippen molar-refractivity contribution in [1.29, 1.82) is 0 Å². The zero-order valence-electron chi connectivity index (χ0n) is 10.7. The maximum absolute atomic E-state index is 5.89. The quantitative estimate of drug-likeness (QED) is 0.615. The third-order valence-corrected chi connectivity index (χ3v) is 2.53. The second-order valence-electron chi connectivity index (χ2n) is 5.26. The van der Waals surface area contributed by atoms with E-state index in [1.165, 1.54) is 11.1 Å². The zero-order valence-corrected chi connectivity index (χ0v) is 10.7. The molecular weight excluding hydrogens is 196 g/mol. The Kier molecular flexibility index (Phi) is 4.11. The van der Waals surface area contributed by atoms with Gasteiger partial charge in [-0.3, -0.25) is 4.99 Å². The number of rotatable bonds is 3. The van der Waals surface area contributed by atoms with E-state index in [9.17, 15) is 0 Å². The molecule has 0 saturated heterocycles. The van der Waals surface area contributed by atoms with Crippen LogP contribution < -0.4 is 5.73 Å². The first-order valence-electron chi connectivity index (χ1n) is 5.75.